The standard InChI is InChI=1S/C13H9Cl6N3O2/c14-12(15,16)9-7(3-8-21-4-20-5-22-8)1-2-11(13(17,18)19)10(9)23-6-24-11/h1-2,4-5,10H,3,6H2. The molecule has 1 aromatic heterocycles. The van der Waals surface area contributed by atoms with E-state index in [1.165, 1.54) is 12.7 Å². The highest BCUT2D eigenvalue weighted by Gasteiger charge is 2.62. The summed E-state index contributed by atoms with van der Waals surface area (Å²) >= 11 is 36.9. The number of allylic oxidation sites excluding steroid dienone is 2. The monoisotopic (exact) mass is 449 g/mol. The fourth-order valence-electron chi connectivity index (χ4n) is 2.65. The van der Waals surface area contributed by atoms with Gasteiger partial charge in [-0.25, -0.2) is 15.0 Å². The first kappa shape index (κ1) is 18.9. The molecule has 1 aliphatic heterocycles. The number of alkyl halides is 6. The van der Waals surface area contributed by atoms with Crippen molar-refractivity contribution in [2.75, 3.05) is 6.79 Å². The molecule has 0 aromatic carbocycles. The van der Waals surface area contributed by atoms with Crippen LogP contribution >= 0.6 is 69.6 Å². The van der Waals surface area contributed by atoms with E-state index in [9.17, 15) is 0 Å². The molecule has 0 radical (unpaired) electrons. The summed E-state index contributed by atoms with van der Waals surface area (Å²) in [6.45, 7) is -0.105. The summed E-state index contributed by atoms with van der Waals surface area (Å²) < 4.78 is 7.55. The minimum atomic E-state index is -1.83. The van der Waals surface area contributed by atoms with Crippen molar-refractivity contribution < 1.29 is 9.47 Å². The van der Waals surface area contributed by atoms with Gasteiger partial charge in [0.1, 0.15) is 31.4 Å². The SMILES string of the molecule is ClC(Cl)(Cl)C1=C(Cc2ncncn2)C=CC2(C(Cl)(Cl)Cl)OCOC12. The van der Waals surface area contributed by atoms with Gasteiger partial charge in [-0.2, -0.15) is 0 Å². The largest absolute Gasteiger partial charge is 0.344 e. The second kappa shape index (κ2) is 6.71. The Labute approximate surface area is 167 Å². The molecule has 0 spiro atoms. The summed E-state index contributed by atoms with van der Waals surface area (Å²) in [5.74, 6) is 0.497. The van der Waals surface area contributed by atoms with Crippen LogP contribution in [-0.2, 0) is 15.9 Å². The topological polar surface area (TPSA) is 57.1 Å². The molecule has 1 saturated heterocycles. The van der Waals surface area contributed by atoms with Crippen LogP contribution in [0.5, 0.6) is 0 Å². The van der Waals surface area contributed by atoms with Gasteiger partial charge < -0.3 is 9.47 Å². The summed E-state index contributed by atoms with van der Waals surface area (Å²) in [6, 6.07) is 0. The van der Waals surface area contributed by atoms with Crippen LogP contribution in [0.2, 0.25) is 0 Å². The van der Waals surface area contributed by atoms with E-state index in [4.69, 9.17) is 79.1 Å². The smallest absolute Gasteiger partial charge is 0.225 e. The molecule has 2 heterocycles. The van der Waals surface area contributed by atoms with Crippen LogP contribution in [0.4, 0.5) is 0 Å². The number of halogens is 6. The second-order valence-electron chi connectivity index (χ2n) is 5.10. The Morgan fingerprint density at radius 2 is 1.79 bits per heavy atom. The lowest BCUT2D eigenvalue weighted by atomic mass is 9.83. The number of rotatable bonds is 2. The normalized spacial score (nSPS) is 27.5. The summed E-state index contributed by atoms with van der Waals surface area (Å²) in [4.78, 5) is 11.9. The Morgan fingerprint density at radius 3 is 2.38 bits per heavy atom. The Balaban J connectivity index is 2.08. The van der Waals surface area contributed by atoms with Gasteiger partial charge in [-0.3, -0.25) is 0 Å². The fourth-order valence-corrected chi connectivity index (χ4v) is 3.96. The highest BCUT2D eigenvalue weighted by atomic mass is 35.6. The highest BCUT2D eigenvalue weighted by molar-refractivity contribution is 6.70. The quantitative estimate of drug-likeness (QED) is 0.633. The van der Waals surface area contributed by atoms with Crippen LogP contribution < -0.4 is 0 Å². The van der Waals surface area contributed by atoms with Crippen molar-refractivity contribution in [3.8, 4) is 0 Å². The third kappa shape index (κ3) is 3.38. The lowest BCUT2D eigenvalue weighted by molar-refractivity contribution is 0.0189. The molecule has 2 aliphatic rings. The first-order valence-electron chi connectivity index (χ1n) is 6.58. The van der Waals surface area contributed by atoms with Crippen LogP contribution in [0, 0.1) is 0 Å². The summed E-state index contributed by atoms with van der Waals surface area (Å²) in [6.07, 6.45) is 5.45. The Kier molecular flexibility index (Phi) is 5.29. The molecule has 1 aliphatic carbocycles. The molecule has 130 valence electrons. The Hall–Kier alpha value is 0.150. The van der Waals surface area contributed by atoms with Crippen LogP contribution in [0.25, 0.3) is 0 Å². The Morgan fingerprint density at radius 1 is 1.12 bits per heavy atom. The number of hydrogen-bond donors (Lipinski definition) is 0. The molecule has 0 amide bonds. The van der Waals surface area contributed by atoms with Gasteiger partial charge in [0.25, 0.3) is 0 Å². The first-order valence-corrected chi connectivity index (χ1v) is 8.84. The minimum absolute atomic E-state index is 0.105. The third-order valence-electron chi connectivity index (χ3n) is 3.71. The van der Waals surface area contributed by atoms with Gasteiger partial charge in [0.2, 0.25) is 7.59 Å². The van der Waals surface area contributed by atoms with Crippen molar-refractivity contribution in [1.29, 1.82) is 0 Å². The van der Waals surface area contributed by atoms with E-state index in [0.717, 1.165) is 0 Å². The number of hydrogen-bond acceptors (Lipinski definition) is 5. The van der Waals surface area contributed by atoms with Gasteiger partial charge in [0, 0.05) is 12.0 Å². The first-order chi connectivity index (χ1) is 11.2. The average molecular weight is 452 g/mol. The maximum absolute atomic E-state index is 6.17. The molecule has 0 saturated carbocycles. The van der Waals surface area contributed by atoms with Crippen molar-refractivity contribution in [2.24, 2.45) is 0 Å². The van der Waals surface area contributed by atoms with Crippen molar-refractivity contribution in [1.82, 2.24) is 15.0 Å². The molecular weight excluding hydrogens is 443 g/mol. The van der Waals surface area contributed by atoms with E-state index in [-0.39, 0.29) is 13.2 Å². The summed E-state index contributed by atoms with van der Waals surface area (Å²) in [7, 11) is 0. The van der Waals surface area contributed by atoms with Crippen LogP contribution in [-0.4, -0.2) is 41.0 Å². The molecule has 0 bridgehead atoms. The van der Waals surface area contributed by atoms with Gasteiger partial charge >= 0.3 is 0 Å². The predicted molar refractivity (Wildman–Crippen MR) is 93.8 cm³/mol. The van der Waals surface area contributed by atoms with Crippen molar-refractivity contribution >= 4 is 69.6 Å². The summed E-state index contributed by atoms with van der Waals surface area (Å²) in [5, 5.41) is 0. The molecular formula is C13H9Cl6N3O2. The van der Waals surface area contributed by atoms with Crippen molar-refractivity contribution in [3.05, 3.63) is 41.8 Å². The number of ether oxygens (including phenoxy) is 2. The summed E-state index contributed by atoms with van der Waals surface area (Å²) in [5.41, 5.74) is -0.430. The maximum atomic E-state index is 6.17. The van der Waals surface area contributed by atoms with Crippen LogP contribution in [0.3, 0.4) is 0 Å². The number of fused-ring (bicyclic) bond motifs is 1. The van der Waals surface area contributed by atoms with Crippen molar-refractivity contribution in [3.63, 3.8) is 0 Å². The maximum Gasteiger partial charge on any atom is 0.225 e. The molecule has 0 N–H and O–H groups in total. The van der Waals surface area contributed by atoms with Gasteiger partial charge in [0.05, 0.1) is 0 Å². The second-order valence-corrected chi connectivity index (χ2v) is 9.66. The fraction of sp³-hybridized carbons (Fsp3) is 0.462. The molecule has 5 nitrogen and oxygen atoms in total. The number of aromatic nitrogens is 3. The lowest BCUT2D eigenvalue weighted by Gasteiger charge is -2.41. The number of nitrogens with zero attached hydrogens (tertiary/aromatic N) is 3. The van der Waals surface area contributed by atoms with Crippen LogP contribution in [0.1, 0.15) is 5.82 Å². The highest BCUT2D eigenvalue weighted by Crippen LogP contribution is 2.55. The lowest BCUT2D eigenvalue weighted by Crippen LogP contribution is -2.53. The van der Waals surface area contributed by atoms with Gasteiger partial charge in [-0.05, 0) is 11.6 Å². The average Bonchev–Trinajstić information content (AvgIpc) is 2.91. The molecule has 1 aromatic rings. The van der Waals surface area contributed by atoms with Crippen LogP contribution in [0.15, 0.2) is 36.0 Å². The molecule has 11 heteroatoms. The molecule has 2 unspecified atom stereocenters. The third-order valence-corrected chi connectivity index (χ3v) is 5.20. The van der Waals surface area contributed by atoms with E-state index in [2.05, 4.69) is 15.0 Å². The van der Waals surface area contributed by atoms with E-state index < -0.39 is 19.3 Å². The van der Waals surface area contributed by atoms with E-state index in [0.29, 0.717) is 17.0 Å². The van der Waals surface area contributed by atoms with Gasteiger partial charge in [0.15, 0.2) is 5.60 Å². The van der Waals surface area contributed by atoms with E-state index >= 15 is 0 Å². The van der Waals surface area contributed by atoms with E-state index in [1.807, 2.05) is 0 Å². The zero-order valence-electron chi connectivity index (χ0n) is 11.7. The zero-order valence-corrected chi connectivity index (χ0v) is 16.3. The predicted octanol–water partition coefficient (Wildman–Crippen LogP) is 4.13. The molecule has 24 heavy (non-hydrogen) atoms. The van der Waals surface area contributed by atoms with E-state index in [1.54, 1.807) is 12.2 Å². The van der Waals surface area contributed by atoms with Crippen molar-refractivity contribution in [2.45, 2.75) is 25.7 Å². The van der Waals surface area contributed by atoms with Gasteiger partial charge in [-0.15, -0.1) is 0 Å². The van der Waals surface area contributed by atoms with Gasteiger partial charge in [-0.1, -0.05) is 75.7 Å². The molecule has 2 atom stereocenters. The zero-order chi connectivity index (χ0) is 17.6. The Bertz CT molecular complexity index is 685. The molecule has 3 rings (SSSR count). The minimum Gasteiger partial charge on any atom is -0.344 e. The molecule has 1 fully saturated rings.